The molecule has 1 heterocycles. The van der Waals surface area contributed by atoms with E-state index in [1.165, 1.54) is 11.8 Å². The van der Waals surface area contributed by atoms with E-state index in [1.807, 2.05) is 13.8 Å². The van der Waals surface area contributed by atoms with E-state index in [0.717, 1.165) is 17.2 Å². The van der Waals surface area contributed by atoms with Crippen LogP contribution in [-0.2, 0) is 4.79 Å². The minimum atomic E-state index is -0.759. The van der Waals surface area contributed by atoms with Crippen LogP contribution in [0.5, 0.6) is 0 Å². The number of aryl methyl sites for hydroxylation is 2. The Balaban J connectivity index is 2.28. The highest BCUT2D eigenvalue weighted by Gasteiger charge is 2.05. The first-order chi connectivity index (χ1) is 6.59. The molecule has 0 unspecified atom stereocenters. The molecule has 5 heteroatoms. The summed E-state index contributed by atoms with van der Waals surface area (Å²) in [4.78, 5) is 14.4. The molecule has 78 valence electrons. The molecule has 0 radical (unpaired) electrons. The molecule has 1 aromatic heterocycles. The van der Waals surface area contributed by atoms with Gasteiger partial charge in [-0.05, 0) is 20.3 Å². The number of aromatic nitrogens is 1. The molecule has 1 N–H and O–H groups in total. The predicted molar refractivity (Wildman–Crippen MR) is 53.6 cm³/mol. The van der Waals surface area contributed by atoms with Gasteiger partial charge in [0.25, 0.3) is 5.22 Å². The van der Waals surface area contributed by atoms with Crippen LogP contribution >= 0.6 is 11.8 Å². The van der Waals surface area contributed by atoms with E-state index in [-0.39, 0.29) is 6.42 Å². The maximum absolute atomic E-state index is 10.2. The van der Waals surface area contributed by atoms with E-state index < -0.39 is 5.97 Å². The number of nitrogens with zero attached hydrogens (tertiary/aromatic N) is 1. The van der Waals surface area contributed by atoms with Crippen molar-refractivity contribution in [1.29, 1.82) is 0 Å². The zero-order valence-electron chi connectivity index (χ0n) is 8.24. The minimum absolute atomic E-state index is 0.200. The summed E-state index contributed by atoms with van der Waals surface area (Å²) < 4.78 is 5.33. The van der Waals surface area contributed by atoms with Crippen molar-refractivity contribution in [2.24, 2.45) is 0 Å². The molecule has 0 aliphatic carbocycles. The molecule has 0 saturated carbocycles. The Hall–Kier alpha value is -0.970. The number of carboxylic acid groups (broad SMARTS) is 1. The molecule has 0 spiro atoms. The SMILES string of the molecule is Cc1nc(SCCCC(=O)O)oc1C. The number of hydrogen-bond acceptors (Lipinski definition) is 4. The summed E-state index contributed by atoms with van der Waals surface area (Å²) in [6.45, 7) is 3.75. The fourth-order valence-electron chi connectivity index (χ4n) is 0.888. The van der Waals surface area contributed by atoms with Crippen molar-refractivity contribution >= 4 is 17.7 Å². The van der Waals surface area contributed by atoms with E-state index in [1.54, 1.807) is 0 Å². The van der Waals surface area contributed by atoms with Crippen LogP contribution in [0.2, 0.25) is 0 Å². The van der Waals surface area contributed by atoms with Crippen LogP contribution in [0.3, 0.4) is 0 Å². The van der Waals surface area contributed by atoms with Crippen LogP contribution in [0.25, 0.3) is 0 Å². The van der Waals surface area contributed by atoms with Gasteiger partial charge in [0, 0.05) is 12.2 Å². The van der Waals surface area contributed by atoms with Gasteiger partial charge in [-0.15, -0.1) is 0 Å². The lowest BCUT2D eigenvalue weighted by Gasteiger charge is -1.93. The van der Waals surface area contributed by atoms with E-state index in [9.17, 15) is 4.79 Å². The van der Waals surface area contributed by atoms with Gasteiger partial charge in [-0.1, -0.05) is 11.8 Å². The van der Waals surface area contributed by atoms with Crippen molar-refractivity contribution in [1.82, 2.24) is 4.98 Å². The van der Waals surface area contributed by atoms with Gasteiger partial charge < -0.3 is 9.52 Å². The molecule has 1 rings (SSSR count). The first-order valence-electron chi connectivity index (χ1n) is 4.38. The summed E-state index contributed by atoms with van der Waals surface area (Å²) in [5, 5.41) is 9.04. The molecule has 0 aromatic carbocycles. The van der Waals surface area contributed by atoms with Gasteiger partial charge in [0.1, 0.15) is 5.76 Å². The molecule has 0 amide bonds. The first kappa shape index (κ1) is 11.1. The largest absolute Gasteiger partial charge is 0.481 e. The van der Waals surface area contributed by atoms with Crippen molar-refractivity contribution in [2.45, 2.75) is 31.9 Å². The second-order valence-corrected chi connectivity index (χ2v) is 4.01. The fourth-order valence-corrected chi connectivity index (χ4v) is 1.74. The number of aliphatic carboxylic acids is 1. The van der Waals surface area contributed by atoms with Gasteiger partial charge >= 0.3 is 5.97 Å². The lowest BCUT2D eigenvalue weighted by atomic mass is 10.3. The van der Waals surface area contributed by atoms with Gasteiger partial charge in [-0.2, -0.15) is 0 Å². The van der Waals surface area contributed by atoms with Crippen LogP contribution in [0.15, 0.2) is 9.64 Å². The lowest BCUT2D eigenvalue weighted by Crippen LogP contribution is -1.94. The Morgan fingerprint density at radius 1 is 1.57 bits per heavy atom. The third-order valence-electron chi connectivity index (χ3n) is 1.77. The van der Waals surface area contributed by atoms with Crippen molar-refractivity contribution in [3.63, 3.8) is 0 Å². The van der Waals surface area contributed by atoms with E-state index in [2.05, 4.69) is 4.98 Å². The summed E-state index contributed by atoms with van der Waals surface area (Å²) in [5.41, 5.74) is 0.894. The Labute approximate surface area is 86.7 Å². The van der Waals surface area contributed by atoms with E-state index >= 15 is 0 Å². The number of hydrogen-bond donors (Lipinski definition) is 1. The van der Waals surface area contributed by atoms with Gasteiger partial charge in [0.15, 0.2) is 0 Å². The molecule has 14 heavy (non-hydrogen) atoms. The Kier molecular flexibility index (Phi) is 4.00. The zero-order valence-corrected chi connectivity index (χ0v) is 9.06. The molecule has 4 nitrogen and oxygen atoms in total. The molecule has 1 aromatic rings. The number of carboxylic acids is 1. The number of thioether (sulfide) groups is 1. The first-order valence-corrected chi connectivity index (χ1v) is 5.37. The summed E-state index contributed by atoms with van der Waals surface area (Å²) in [5.74, 6) is 0.794. The summed E-state index contributed by atoms with van der Waals surface area (Å²) in [7, 11) is 0. The molecule has 0 saturated heterocycles. The topological polar surface area (TPSA) is 63.3 Å². The number of rotatable bonds is 5. The Bertz CT molecular complexity index is 302. The molecular weight excluding hydrogens is 202 g/mol. The molecule has 0 bridgehead atoms. The zero-order chi connectivity index (χ0) is 10.6. The fraction of sp³-hybridized carbons (Fsp3) is 0.556. The molecule has 0 atom stereocenters. The Morgan fingerprint density at radius 3 is 2.79 bits per heavy atom. The average Bonchev–Trinajstić information content (AvgIpc) is 2.40. The maximum Gasteiger partial charge on any atom is 0.303 e. The van der Waals surface area contributed by atoms with Crippen molar-refractivity contribution < 1.29 is 14.3 Å². The average molecular weight is 215 g/mol. The second kappa shape index (κ2) is 5.05. The molecule has 0 aliphatic heterocycles. The summed E-state index contributed by atoms with van der Waals surface area (Å²) in [6.07, 6.45) is 0.839. The summed E-state index contributed by atoms with van der Waals surface area (Å²) in [6, 6.07) is 0. The number of oxazole rings is 1. The summed E-state index contributed by atoms with van der Waals surface area (Å²) >= 11 is 1.46. The van der Waals surface area contributed by atoms with Crippen LogP contribution in [0.4, 0.5) is 0 Å². The molecule has 0 aliphatic rings. The standard InChI is InChI=1S/C9H13NO3S/c1-6-7(2)13-9(10-6)14-5-3-4-8(11)12/h3-5H2,1-2H3,(H,11,12). The van der Waals surface area contributed by atoms with E-state index in [4.69, 9.17) is 9.52 Å². The van der Waals surface area contributed by atoms with Gasteiger partial charge in [0.2, 0.25) is 0 Å². The second-order valence-electron chi connectivity index (χ2n) is 2.97. The van der Waals surface area contributed by atoms with Crippen LogP contribution in [-0.4, -0.2) is 21.8 Å². The van der Waals surface area contributed by atoms with E-state index in [0.29, 0.717) is 11.6 Å². The quantitative estimate of drug-likeness (QED) is 0.603. The van der Waals surface area contributed by atoms with Crippen LogP contribution in [0.1, 0.15) is 24.3 Å². The third kappa shape index (κ3) is 3.41. The van der Waals surface area contributed by atoms with Gasteiger partial charge in [-0.25, -0.2) is 4.98 Å². The normalized spacial score (nSPS) is 10.4. The lowest BCUT2D eigenvalue weighted by molar-refractivity contribution is -0.137. The van der Waals surface area contributed by atoms with Gasteiger partial charge in [-0.3, -0.25) is 4.79 Å². The smallest absolute Gasteiger partial charge is 0.303 e. The van der Waals surface area contributed by atoms with Crippen molar-refractivity contribution in [2.75, 3.05) is 5.75 Å². The monoisotopic (exact) mass is 215 g/mol. The molecular formula is C9H13NO3S. The predicted octanol–water partition coefficient (Wildman–Crippen LogP) is 2.25. The van der Waals surface area contributed by atoms with Crippen molar-refractivity contribution in [3.05, 3.63) is 11.5 Å². The molecule has 0 fully saturated rings. The minimum Gasteiger partial charge on any atom is -0.481 e. The maximum atomic E-state index is 10.2. The number of carbonyl (C=O) groups is 1. The third-order valence-corrected chi connectivity index (χ3v) is 2.68. The van der Waals surface area contributed by atoms with Crippen molar-refractivity contribution in [3.8, 4) is 0 Å². The van der Waals surface area contributed by atoms with Crippen LogP contribution < -0.4 is 0 Å². The highest BCUT2D eigenvalue weighted by Crippen LogP contribution is 2.20. The highest BCUT2D eigenvalue weighted by molar-refractivity contribution is 7.99. The van der Waals surface area contributed by atoms with Crippen LogP contribution in [0, 0.1) is 13.8 Å². The van der Waals surface area contributed by atoms with Gasteiger partial charge in [0.05, 0.1) is 5.69 Å². The highest BCUT2D eigenvalue weighted by atomic mass is 32.2. The Morgan fingerprint density at radius 2 is 2.29 bits per heavy atom.